The summed E-state index contributed by atoms with van der Waals surface area (Å²) in [5, 5.41) is 0. The molecule has 0 atom stereocenters. The van der Waals surface area contributed by atoms with Crippen molar-refractivity contribution in [1.29, 1.82) is 0 Å². The molecule has 2 rings (SSSR count). The number of hydrogen-bond acceptors (Lipinski definition) is 3. The molecule has 0 aliphatic rings. The summed E-state index contributed by atoms with van der Waals surface area (Å²) in [5.74, 6) is 0.904. The van der Waals surface area contributed by atoms with Crippen molar-refractivity contribution < 1.29 is 4.74 Å². The minimum atomic E-state index is 0.616. The van der Waals surface area contributed by atoms with E-state index in [0.717, 1.165) is 33.8 Å². The minimum Gasteiger partial charge on any atom is -0.496 e. The van der Waals surface area contributed by atoms with Crippen LogP contribution in [0.4, 0.5) is 0 Å². The molecule has 1 heterocycles. The van der Waals surface area contributed by atoms with Crippen LogP contribution in [0.3, 0.4) is 0 Å². The molecule has 0 amide bonds. The van der Waals surface area contributed by atoms with Crippen molar-refractivity contribution in [3.05, 3.63) is 39.8 Å². The van der Waals surface area contributed by atoms with Crippen LogP contribution in [0.15, 0.2) is 22.9 Å². The second-order valence-electron chi connectivity index (χ2n) is 4.30. The Bertz CT molecular complexity index is 576. The quantitative estimate of drug-likeness (QED) is 0.791. The predicted molar refractivity (Wildman–Crippen MR) is 75.9 cm³/mol. The number of rotatable bonds is 2. The van der Waals surface area contributed by atoms with Crippen LogP contribution in [0.25, 0.3) is 11.3 Å². The van der Waals surface area contributed by atoms with Crippen LogP contribution in [-0.2, 0) is 0 Å². The molecule has 0 saturated carbocycles. The first-order valence-electron chi connectivity index (χ1n) is 5.68. The molecule has 0 spiro atoms. The first-order valence-corrected chi connectivity index (χ1v) is 6.47. The lowest BCUT2D eigenvalue weighted by molar-refractivity contribution is 0.411. The van der Waals surface area contributed by atoms with Crippen LogP contribution in [0.5, 0.6) is 5.75 Å². The molecule has 2 aromatic rings. The Kier molecular flexibility index (Phi) is 3.66. The molecule has 0 saturated heterocycles. The van der Waals surface area contributed by atoms with Gasteiger partial charge in [0, 0.05) is 11.3 Å². The van der Waals surface area contributed by atoms with E-state index < -0.39 is 0 Å². The number of hydrogen-bond donors (Lipinski definition) is 0. The number of aryl methyl sites for hydroxylation is 3. The fourth-order valence-corrected chi connectivity index (χ4v) is 2.43. The van der Waals surface area contributed by atoms with Crippen molar-refractivity contribution in [2.45, 2.75) is 20.8 Å². The molecule has 0 unspecified atom stereocenters. The summed E-state index contributed by atoms with van der Waals surface area (Å²) in [5.41, 5.74) is 5.23. The van der Waals surface area contributed by atoms with Gasteiger partial charge in [0.1, 0.15) is 5.75 Å². The lowest BCUT2D eigenvalue weighted by Crippen LogP contribution is -1.95. The van der Waals surface area contributed by atoms with Gasteiger partial charge >= 0.3 is 0 Å². The van der Waals surface area contributed by atoms with E-state index >= 15 is 0 Å². The summed E-state index contributed by atoms with van der Waals surface area (Å²) < 4.78 is 5.94. The van der Waals surface area contributed by atoms with Gasteiger partial charge in [-0.25, -0.2) is 9.97 Å². The molecule has 0 fully saturated rings. The summed E-state index contributed by atoms with van der Waals surface area (Å²) in [6.45, 7) is 6.05. The highest BCUT2D eigenvalue weighted by atomic mass is 79.9. The first-order chi connectivity index (χ1) is 8.51. The van der Waals surface area contributed by atoms with Crippen LogP contribution in [-0.4, -0.2) is 17.1 Å². The molecule has 1 aromatic heterocycles. The smallest absolute Gasteiger partial charge is 0.197 e. The number of benzene rings is 1. The third-order valence-electron chi connectivity index (χ3n) is 2.84. The second-order valence-corrected chi connectivity index (χ2v) is 5.01. The maximum absolute atomic E-state index is 5.32. The van der Waals surface area contributed by atoms with Crippen LogP contribution in [0.2, 0.25) is 0 Å². The zero-order valence-corrected chi connectivity index (χ0v) is 12.5. The lowest BCUT2D eigenvalue weighted by atomic mass is 10.0. The summed E-state index contributed by atoms with van der Waals surface area (Å²) in [4.78, 5) is 8.65. The van der Waals surface area contributed by atoms with E-state index in [0.29, 0.717) is 4.73 Å². The molecule has 94 valence electrons. The van der Waals surface area contributed by atoms with E-state index in [1.807, 2.05) is 26.0 Å². The Morgan fingerprint density at radius 3 is 2.33 bits per heavy atom. The Hall–Kier alpha value is -1.42. The summed E-state index contributed by atoms with van der Waals surface area (Å²) in [6.07, 6.45) is 0. The van der Waals surface area contributed by atoms with Gasteiger partial charge in [0.05, 0.1) is 12.8 Å². The zero-order valence-electron chi connectivity index (χ0n) is 10.9. The fraction of sp³-hybridized carbons (Fsp3) is 0.286. The zero-order chi connectivity index (χ0) is 13.3. The molecule has 0 aliphatic heterocycles. The van der Waals surface area contributed by atoms with Gasteiger partial charge in [0.25, 0.3) is 0 Å². The van der Waals surface area contributed by atoms with Crippen LogP contribution >= 0.6 is 15.9 Å². The van der Waals surface area contributed by atoms with Gasteiger partial charge in [-0.15, -0.1) is 0 Å². The molecule has 1 aromatic carbocycles. The van der Waals surface area contributed by atoms with Crippen LogP contribution in [0, 0.1) is 20.8 Å². The molecule has 3 nitrogen and oxygen atoms in total. The Labute approximate surface area is 115 Å². The number of nitrogens with zero attached hydrogens (tertiary/aromatic N) is 2. The van der Waals surface area contributed by atoms with Gasteiger partial charge < -0.3 is 4.74 Å². The van der Waals surface area contributed by atoms with Crippen molar-refractivity contribution >= 4 is 15.9 Å². The van der Waals surface area contributed by atoms with Crippen molar-refractivity contribution in [1.82, 2.24) is 9.97 Å². The Morgan fingerprint density at radius 1 is 1.00 bits per heavy atom. The molecule has 0 N–H and O–H groups in total. The number of aromatic nitrogens is 2. The van der Waals surface area contributed by atoms with Gasteiger partial charge in [-0.3, -0.25) is 0 Å². The van der Waals surface area contributed by atoms with E-state index in [-0.39, 0.29) is 0 Å². The average molecular weight is 307 g/mol. The van der Waals surface area contributed by atoms with E-state index in [1.165, 1.54) is 0 Å². The minimum absolute atomic E-state index is 0.616. The number of ether oxygens (including phenoxy) is 1. The lowest BCUT2D eigenvalue weighted by Gasteiger charge is -2.11. The molecule has 0 bridgehead atoms. The Morgan fingerprint density at radius 2 is 1.72 bits per heavy atom. The summed E-state index contributed by atoms with van der Waals surface area (Å²) in [6, 6.07) is 6.12. The maximum atomic E-state index is 5.32. The molecule has 18 heavy (non-hydrogen) atoms. The molecule has 0 radical (unpaired) electrons. The van der Waals surface area contributed by atoms with Gasteiger partial charge in [-0.1, -0.05) is 0 Å². The normalized spacial score (nSPS) is 10.5. The highest BCUT2D eigenvalue weighted by molar-refractivity contribution is 9.10. The molecule has 0 aliphatic carbocycles. The average Bonchev–Trinajstić information content (AvgIpc) is 2.30. The van der Waals surface area contributed by atoms with Crippen LogP contribution in [0.1, 0.15) is 16.8 Å². The van der Waals surface area contributed by atoms with Gasteiger partial charge in [0.2, 0.25) is 0 Å². The van der Waals surface area contributed by atoms with Gasteiger partial charge in [-0.2, -0.15) is 0 Å². The maximum Gasteiger partial charge on any atom is 0.197 e. The van der Waals surface area contributed by atoms with E-state index in [9.17, 15) is 0 Å². The largest absolute Gasteiger partial charge is 0.496 e. The first kappa shape index (κ1) is 13.0. The topological polar surface area (TPSA) is 35.0 Å². The molecular formula is C14H15BrN2O. The summed E-state index contributed by atoms with van der Waals surface area (Å²) in [7, 11) is 1.69. The van der Waals surface area contributed by atoms with E-state index in [1.54, 1.807) is 7.11 Å². The summed E-state index contributed by atoms with van der Waals surface area (Å²) >= 11 is 3.33. The van der Waals surface area contributed by atoms with Crippen molar-refractivity contribution in [3.63, 3.8) is 0 Å². The SMILES string of the molecule is COc1cc(C)c(-c2cc(C)nc(Br)n2)cc1C. The standard InChI is InChI=1S/C14H15BrN2O/c1-8-6-13(18-4)9(2)5-11(8)12-7-10(3)16-14(15)17-12/h5-7H,1-4H3. The number of methoxy groups -OCH3 is 1. The van der Waals surface area contributed by atoms with Gasteiger partial charge in [0.15, 0.2) is 4.73 Å². The monoisotopic (exact) mass is 306 g/mol. The molecular weight excluding hydrogens is 292 g/mol. The third kappa shape index (κ3) is 2.53. The Balaban J connectivity index is 2.60. The van der Waals surface area contributed by atoms with Gasteiger partial charge in [-0.05, 0) is 66.0 Å². The van der Waals surface area contributed by atoms with Crippen molar-refractivity contribution in [2.24, 2.45) is 0 Å². The second kappa shape index (κ2) is 5.06. The highest BCUT2D eigenvalue weighted by Gasteiger charge is 2.09. The van der Waals surface area contributed by atoms with Crippen molar-refractivity contribution in [2.75, 3.05) is 7.11 Å². The fourth-order valence-electron chi connectivity index (χ4n) is 1.96. The van der Waals surface area contributed by atoms with Crippen molar-refractivity contribution in [3.8, 4) is 17.0 Å². The van der Waals surface area contributed by atoms with E-state index in [4.69, 9.17) is 4.74 Å². The third-order valence-corrected chi connectivity index (χ3v) is 3.20. The van der Waals surface area contributed by atoms with E-state index in [2.05, 4.69) is 38.9 Å². The number of halogens is 1. The molecule has 4 heteroatoms. The highest BCUT2D eigenvalue weighted by Crippen LogP contribution is 2.29. The van der Waals surface area contributed by atoms with Crippen LogP contribution < -0.4 is 4.74 Å². The predicted octanol–water partition coefficient (Wildman–Crippen LogP) is 3.84.